The van der Waals surface area contributed by atoms with Crippen molar-refractivity contribution in [1.82, 2.24) is 19.6 Å². The summed E-state index contributed by atoms with van der Waals surface area (Å²) in [7, 11) is 5.75. The number of carbonyl (C=O) groups excluding carboxylic acids is 3. The van der Waals surface area contributed by atoms with E-state index in [1.807, 2.05) is 117 Å². The SMILES string of the molecule is CCCN(C)C(=O)c1ccc(CN(C)Cc2ccc(C(=O)N(C)CCN3CCC(OC(=O)Nc4ccccc4-c4ccccc4)CC3)cc2)cc1. The van der Waals surface area contributed by atoms with E-state index >= 15 is 0 Å². The number of anilines is 1. The first-order chi connectivity index (χ1) is 24.7. The van der Waals surface area contributed by atoms with Crippen molar-refractivity contribution in [3.63, 3.8) is 0 Å². The van der Waals surface area contributed by atoms with Crippen LogP contribution in [0.1, 0.15) is 58.0 Å². The number of hydrogen-bond acceptors (Lipinski definition) is 6. The average molecular weight is 690 g/mol. The molecule has 1 N–H and O–H groups in total. The Hall–Kier alpha value is -4.99. The molecule has 0 spiro atoms. The largest absolute Gasteiger partial charge is 0.446 e. The maximum Gasteiger partial charge on any atom is 0.411 e. The minimum absolute atomic E-state index is 0.000188. The summed E-state index contributed by atoms with van der Waals surface area (Å²) in [4.78, 5) is 46.6. The molecular formula is C42H51N5O4. The second-order valence-electron chi connectivity index (χ2n) is 13.5. The van der Waals surface area contributed by atoms with Gasteiger partial charge in [0.15, 0.2) is 0 Å². The minimum atomic E-state index is -0.435. The third kappa shape index (κ3) is 10.7. The summed E-state index contributed by atoms with van der Waals surface area (Å²) in [6.45, 7) is 7.30. The highest BCUT2D eigenvalue weighted by molar-refractivity contribution is 5.94. The van der Waals surface area contributed by atoms with Gasteiger partial charge in [0, 0.05) is 76.6 Å². The summed E-state index contributed by atoms with van der Waals surface area (Å²) in [6.07, 6.45) is 1.86. The molecule has 1 aliphatic rings. The number of nitrogens with zero attached hydrogens (tertiary/aromatic N) is 4. The molecule has 0 bridgehead atoms. The molecule has 0 saturated carbocycles. The minimum Gasteiger partial charge on any atom is -0.446 e. The molecular weight excluding hydrogens is 638 g/mol. The Bertz CT molecular complexity index is 1720. The molecule has 9 heteroatoms. The lowest BCUT2D eigenvalue weighted by molar-refractivity contribution is 0.0540. The lowest BCUT2D eigenvalue weighted by atomic mass is 10.0. The summed E-state index contributed by atoms with van der Waals surface area (Å²) < 4.78 is 5.79. The maximum atomic E-state index is 13.2. The maximum absolute atomic E-state index is 13.2. The number of likely N-dealkylation sites (tertiary alicyclic amines) is 1. The molecule has 1 saturated heterocycles. The Kier molecular flexibility index (Phi) is 13.4. The van der Waals surface area contributed by atoms with Crippen molar-refractivity contribution < 1.29 is 19.1 Å². The highest BCUT2D eigenvalue weighted by Gasteiger charge is 2.23. The Morgan fingerprint density at radius 3 is 1.80 bits per heavy atom. The number of piperidine rings is 1. The van der Waals surface area contributed by atoms with Gasteiger partial charge < -0.3 is 19.4 Å². The number of rotatable bonds is 14. The van der Waals surface area contributed by atoms with Crippen LogP contribution in [0, 0.1) is 0 Å². The lowest BCUT2D eigenvalue weighted by Gasteiger charge is -2.32. The van der Waals surface area contributed by atoms with E-state index in [4.69, 9.17) is 4.74 Å². The summed E-state index contributed by atoms with van der Waals surface area (Å²) >= 11 is 0. The molecule has 5 rings (SSSR count). The number of ether oxygens (including phenoxy) is 1. The first-order valence-electron chi connectivity index (χ1n) is 17.9. The van der Waals surface area contributed by atoms with Gasteiger partial charge >= 0.3 is 6.09 Å². The number of para-hydroxylation sites is 1. The van der Waals surface area contributed by atoms with E-state index in [2.05, 4.69) is 29.1 Å². The summed E-state index contributed by atoms with van der Waals surface area (Å²) in [5.74, 6) is 0.0484. The topological polar surface area (TPSA) is 85.4 Å². The number of benzene rings is 4. The Morgan fingerprint density at radius 1 is 0.706 bits per heavy atom. The molecule has 51 heavy (non-hydrogen) atoms. The Balaban J connectivity index is 1.01. The Morgan fingerprint density at radius 2 is 1.24 bits per heavy atom. The summed E-state index contributed by atoms with van der Waals surface area (Å²) in [6, 6.07) is 33.4. The zero-order valence-corrected chi connectivity index (χ0v) is 30.4. The van der Waals surface area contributed by atoms with Gasteiger partial charge in [0.2, 0.25) is 0 Å². The fourth-order valence-electron chi connectivity index (χ4n) is 6.46. The first kappa shape index (κ1) is 37.3. The van der Waals surface area contributed by atoms with Crippen LogP contribution < -0.4 is 5.32 Å². The molecule has 0 unspecified atom stereocenters. The fourth-order valence-corrected chi connectivity index (χ4v) is 6.46. The molecule has 268 valence electrons. The van der Waals surface area contributed by atoms with Crippen molar-refractivity contribution in [2.75, 3.05) is 59.2 Å². The molecule has 0 aliphatic carbocycles. The van der Waals surface area contributed by atoms with Gasteiger partial charge in [-0.2, -0.15) is 0 Å². The van der Waals surface area contributed by atoms with Crippen LogP contribution in [0.25, 0.3) is 11.1 Å². The van der Waals surface area contributed by atoms with Gasteiger partial charge in [-0.15, -0.1) is 0 Å². The molecule has 4 aromatic rings. The molecule has 1 fully saturated rings. The molecule has 0 atom stereocenters. The van der Waals surface area contributed by atoms with Crippen molar-refractivity contribution in [1.29, 1.82) is 0 Å². The van der Waals surface area contributed by atoms with Crippen LogP contribution in [-0.2, 0) is 17.8 Å². The highest BCUT2D eigenvalue weighted by Crippen LogP contribution is 2.28. The molecule has 9 nitrogen and oxygen atoms in total. The van der Waals surface area contributed by atoms with E-state index in [1.165, 1.54) is 0 Å². The van der Waals surface area contributed by atoms with Gasteiger partial charge in [0.1, 0.15) is 6.10 Å². The second-order valence-corrected chi connectivity index (χ2v) is 13.5. The van der Waals surface area contributed by atoms with Crippen LogP contribution >= 0.6 is 0 Å². The number of hydrogen-bond donors (Lipinski definition) is 1. The van der Waals surface area contributed by atoms with Gasteiger partial charge in [-0.25, -0.2) is 4.79 Å². The third-order valence-electron chi connectivity index (χ3n) is 9.37. The lowest BCUT2D eigenvalue weighted by Crippen LogP contribution is -2.42. The smallest absolute Gasteiger partial charge is 0.411 e. The molecule has 1 aliphatic heterocycles. The van der Waals surface area contributed by atoms with Crippen LogP contribution in [0.4, 0.5) is 10.5 Å². The van der Waals surface area contributed by atoms with Crippen molar-refractivity contribution in [2.45, 2.75) is 45.4 Å². The van der Waals surface area contributed by atoms with Gasteiger partial charge in [-0.1, -0.05) is 79.7 Å². The average Bonchev–Trinajstić information content (AvgIpc) is 3.15. The number of carbonyl (C=O) groups is 3. The van der Waals surface area contributed by atoms with Gasteiger partial charge in [-0.05, 0) is 73.3 Å². The second kappa shape index (κ2) is 18.3. The van der Waals surface area contributed by atoms with Crippen molar-refractivity contribution in [3.05, 3.63) is 125 Å². The summed E-state index contributed by atoms with van der Waals surface area (Å²) in [5, 5.41) is 2.94. The fraction of sp³-hybridized carbons (Fsp3) is 0.357. The highest BCUT2D eigenvalue weighted by atomic mass is 16.6. The van der Waals surface area contributed by atoms with Crippen LogP contribution in [0.15, 0.2) is 103 Å². The molecule has 1 heterocycles. The third-order valence-corrected chi connectivity index (χ3v) is 9.37. The summed E-state index contributed by atoms with van der Waals surface area (Å²) in [5.41, 5.74) is 6.36. The number of likely N-dealkylation sites (N-methyl/N-ethyl adjacent to an activating group) is 1. The molecule has 0 radical (unpaired) electrons. The first-order valence-corrected chi connectivity index (χ1v) is 17.9. The van der Waals surface area contributed by atoms with E-state index in [0.717, 1.165) is 86.5 Å². The van der Waals surface area contributed by atoms with Crippen LogP contribution in [-0.4, -0.2) is 97.5 Å². The standard InChI is InChI=1S/C42H51N5O4/c1-5-25-45(3)40(48)35-19-15-32(16-20-35)30-44(2)31-33-17-21-36(22-18-33)41(49)46(4)28-29-47-26-23-37(24-27-47)51-42(50)43-39-14-10-9-13-38(39)34-11-7-6-8-12-34/h6-22,37H,5,23-31H2,1-4H3,(H,43,50). The zero-order valence-electron chi connectivity index (χ0n) is 30.4. The Labute approximate surface area is 302 Å². The predicted octanol–water partition coefficient (Wildman–Crippen LogP) is 7.25. The van der Waals surface area contributed by atoms with Crippen molar-refractivity contribution in [3.8, 4) is 11.1 Å². The van der Waals surface area contributed by atoms with Gasteiger partial charge in [-0.3, -0.25) is 19.8 Å². The molecule has 4 aromatic carbocycles. The number of nitrogens with one attached hydrogen (secondary N) is 1. The van der Waals surface area contributed by atoms with E-state index < -0.39 is 6.09 Å². The van der Waals surface area contributed by atoms with Crippen molar-refractivity contribution in [2.24, 2.45) is 0 Å². The van der Waals surface area contributed by atoms with E-state index in [0.29, 0.717) is 17.7 Å². The molecule has 0 aromatic heterocycles. The zero-order chi connectivity index (χ0) is 36.2. The number of amides is 3. The van der Waals surface area contributed by atoms with E-state index in [-0.39, 0.29) is 17.9 Å². The van der Waals surface area contributed by atoms with E-state index in [9.17, 15) is 14.4 Å². The van der Waals surface area contributed by atoms with Crippen LogP contribution in [0.2, 0.25) is 0 Å². The van der Waals surface area contributed by atoms with Gasteiger partial charge in [0.25, 0.3) is 11.8 Å². The normalized spacial score (nSPS) is 13.5. The quantitative estimate of drug-likeness (QED) is 0.150. The van der Waals surface area contributed by atoms with Gasteiger partial charge in [0.05, 0.1) is 5.69 Å². The molecule has 3 amide bonds. The van der Waals surface area contributed by atoms with Crippen LogP contribution in [0.3, 0.4) is 0 Å². The van der Waals surface area contributed by atoms with E-state index in [1.54, 1.807) is 9.80 Å². The van der Waals surface area contributed by atoms with Crippen molar-refractivity contribution >= 4 is 23.6 Å². The monoisotopic (exact) mass is 689 g/mol. The van der Waals surface area contributed by atoms with Crippen LogP contribution in [0.5, 0.6) is 0 Å². The predicted molar refractivity (Wildman–Crippen MR) is 204 cm³/mol.